The number of hydrogen-bond acceptors (Lipinski definition) is 4. The fraction of sp³-hybridized carbons (Fsp3) is 0.182. The van der Waals surface area contributed by atoms with Crippen molar-refractivity contribution < 1.29 is 9.53 Å². The molecule has 2 heterocycles. The predicted molar refractivity (Wildman–Crippen MR) is 113 cm³/mol. The first-order valence-corrected chi connectivity index (χ1v) is 9.85. The van der Waals surface area contributed by atoms with Crippen LogP contribution in [0.4, 0.5) is 0 Å². The Morgan fingerprint density at radius 3 is 2.64 bits per heavy atom. The number of hydrogen-bond donors (Lipinski definition) is 1. The lowest BCUT2D eigenvalue weighted by Crippen LogP contribution is -2.22. The number of nitrogens with one attached hydrogen (secondary N) is 1. The number of amides is 1. The Bertz CT molecular complexity index is 1140. The summed E-state index contributed by atoms with van der Waals surface area (Å²) in [6.07, 6.45) is 0. The lowest BCUT2D eigenvalue weighted by molar-refractivity contribution is 0.0955. The van der Waals surface area contributed by atoms with Crippen molar-refractivity contribution in [2.75, 3.05) is 7.11 Å². The van der Waals surface area contributed by atoms with Crippen LogP contribution in [0, 0.1) is 13.8 Å². The number of para-hydroxylation sites is 1. The van der Waals surface area contributed by atoms with Gasteiger partial charge >= 0.3 is 0 Å². The summed E-state index contributed by atoms with van der Waals surface area (Å²) < 4.78 is 7.26. The molecule has 142 valence electrons. The molecule has 0 saturated heterocycles. The van der Waals surface area contributed by atoms with Crippen LogP contribution in [0.15, 0.2) is 54.6 Å². The second kappa shape index (κ2) is 7.48. The zero-order chi connectivity index (χ0) is 19.7. The Morgan fingerprint density at radius 2 is 1.89 bits per heavy atom. The van der Waals surface area contributed by atoms with Crippen LogP contribution < -0.4 is 10.1 Å². The molecule has 1 amide bonds. The minimum absolute atomic E-state index is 0.0954. The molecule has 0 fully saturated rings. The van der Waals surface area contributed by atoms with Gasteiger partial charge in [-0.1, -0.05) is 35.9 Å². The van der Waals surface area contributed by atoms with Crippen molar-refractivity contribution >= 4 is 27.5 Å². The van der Waals surface area contributed by atoms with Gasteiger partial charge in [0.05, 0.1) is 23.4 Å². The van der Waals surface area contributed by atoms with E-state index in [2.05, 4.69) is 29.5 Å². The number of benzene rings is 2. The summed E-state index contributed by atoms with van der Waals surface area (Å²) >= 11 is 1.45. The summed E-state index contributed by atoms with van der Waals surface area (Å²) in [6, 6.07) is 17.8. The maximum Gasteiger partial charge on any atom is 0.261 e. The van der Waals surface area contributed by atoms with Crippen LogP contribution in [0.25, 0.3) is 15.9 Å². The number of thiophene rings is 1. The number of nitrogens with zero attached hydrogens (tertiary/aromatic N) is 2. The van der Waals surface area contributed by atoms with E-state index in [0.717, 1.165) is 32.9 Å². The molecule has 0 aliphatic carbocycles. The van der Waals surface area contributed by atoms with Gasteiger partial charge in [0.2, 0.25) is 0 Å². The number of carbonyl (C=O) groups is 1. The summed E-state index contributed by atoms with van der Waals surface area (Å²) in [5, 5.41) is 8.64. The standard InChI is InChI=1S/C22H21N3O2S/c1-14-8-10-17(11-9-14)25-22-18(15(2)24-25)12-20(28-22)21(26)23-13-16-6-4-5-7-19(16)27-3/h4-12H,13H2,1-3H3,(H,23,26). The predicted octanol–water partition coefficient (Wildman–Crippen LogP) is 4.64. The summed E-state index contributed by atoms with van der Waals surface area (Å²) in [4.78, 5) is 14.4. The molecule has 0 spiro atoms. The summed E-state index contributed by atoms with van der Waals surface area (Å²) in [7, 11) is 1.63. The van der Waals surface area contributed by atoms with Crippen LogP contribution in [0.3, 0.4) is 0 Å². The first-order chi connectivity index (χ1) is 13.6. The minimum atomic E-state index is -0.0954. The molecule has 0 atom stereocenters. The number of rotatable bonds is 5. The first kappa shape index (κ1) is 18.3. The van der Waals surface area contributed by atoms with Crippen molar-refractivity contribution in [2.24, 2.45) is 0 Å². The van der Waals surface area contributed by atoms with E-state index in [1.165, 1.54) is 16.9 Å². The van der Waals surface area contributed by atoms with E-state index in [1.54, 1.807) is 7.11 Å². The molecule has 4 aromatic rings. The van der Waals surface area contributed by atoms with Crippen molar-refractivity contribution in [3.63, 3.8) is 0 Å². The average Bonchev–Trinajstić information content (AvgIpc) is 3.28. The van der Waals surface area contributed by atoms with Gasteiger partial charge in [-0.05, 0) is 38.1 Å². The van der Waals surface area contributed by atoms with E-state index < -0.39 is 0 Å². The molecular weight excluding hydrogens is 370 g/mol. The lowest BCUT2D eigenvalue weighted by Gasteiger charge is -2.08. The van der Waals surface area contributed by atoms with E-state index in [-0.39, 0.29) is 5.91 Å². The third kappa shape index (κ3) is 3.39. The van der Waals surface area contributed by atoms with Gasteiger partial charge in [-0.15, -0.1) is 11.3 Å². The Balaban J connectivity index is 1.60. The van der Waals surface area contributed by atoms with Gasteiger partial charge in [-0.3, -0.25) is 4.79 Å². The Labute approximate surface area is 167 Å². The Morgan fingerprint density at radius 1 is 1.14 bits per heavy atom. The smallest absolute Gasteiger partial charge is 0.261 e. The molecule has 4 rings (SSSR count). The molecule has 0 saturated carbocycles. The van der Waals surface area contributed by atoms with Crippen molar-refractivity contribution in [1.29, 1.82) is 0 Å². The van der Waals surface area contributed by atoms with Crippen LogP contribution in [0.1, 0.15) is 26.5 Å². The quantitative estimate of drug-likeness (QED) is 0.539. The fourth-order valence-corrected chi connectivity index (χ4v) is 4.23. The van der Waals surface area contributed by atoms with Crippen molar-refractivity contribution in [3.05, 3.63) is 76.3 Å². The van der Waals surface area contributed by atoms with E-state index in [1.807, 2.05) is 54.1 Å². The molecule has 0 bridgehead atoms. The van der Waals surface area contributed by atoms with Gasteiger partial charge in [0.25, 0.3) is 5.91 Å². The third-order valence-corrected chi connectivity index (χ3v) is 5.79. The van der Waals surface area contributed by atoms with Crippen LogP contribution in [-0.4, -0.2) is 22.8 Å². The van der Waals surface area contributed by atoms with Gasteiger partial charge in [-0.2, -0.15) is 5.10 Å². The highest BCUT2D eigenvalue weighted by Crippen LogP contribution is 2.30. The molecule has 6 heteroatoms. The molecule has 0 aliphatic heterocycles. The Kier molecular flexibility index (Phi) is 4.88. The van der Waals surface area contributed by atoms with Gasteiger partial charge in [-0.25, -0.2) is 4.68 Å². The number of aryl methyl sites for hydroxylation is 2. The number of fused-ring (bicyclic) bond motifs is 1. The molecule has 5 nitrogen and oxygen atoms in total. The second-order valence-electron chi connectivity index (χ2n) is 6.66. The van der Waals surface area contributed by atoms with Crippen molar-refractivity contribution in [1.82, 2.24) is 15.1 Å². The normalized spacial score (nSPS) is 11.0. The van der Waals surface area contributed by atoms with E-state index in [4.69, 9.17) is 4.74 Å². The second-order valence-corrected chi connectivity index (χ2v) is 7.69. The minimum Gasteiger partial charge on any atom is -0.496 e. The van der Waals surface area contributed by atoms with E-state index >= 15 is 0 Å². The van der Waals surface area contributed by atoms with Gasteiger partial charge in [0.15, 0.2) is 0 Å². The van der Waals surface area contributed by atoms with Gasteiger partial charge < -0.3 is 10.1 Å². The van der Waals surface area contributed by atoms with Crippen LogP contribution in [0.2, 0.25) is 0 Å². The topological polar surface area (TPSA) is 56.1 Å². The maximum atomic E-state index is 12.7. The molecule has 0 aliphatic rings. The van der Waals surface area contributed by atoms with Crippen molar-refractivity contribution in [3.8, 4) is 11.4 Å². The Hall–Kier alpha value is -3.12. The van der Waals surface area contributed by atoms with E-state index in [0.29, 0.717) is 11.4 Å². The molecule has 2 aromatic heterocycles. The van der Waals surface area contributed by atoms with Gasteiger partial charge in [0.1, 0.15) is 10.6 Å². The van der Waals surface area contributed by atoms with Crippen LogP contribution in [0.5, 0.6) is 5.75 Å². The zero-order valence-electron chi connectivity index (χ0n) is 16.0. The average molecular weight is 391 g/mol. The summed E-state index contributed by atoms with van der Waals surface area (Å²) in [5.74, 6) is 0.673. The SMILES string of the molecule is COc1ccccc1CNC(=O)c1cc2c(C)nn(-c3ccc(C)cc3)c2s1. The maximum absolute atomic E-state index is 12.7. The number of carbonyl (C=O) groups excluding carboxylic acids is 1. The third-order valence-electron chi connectivity index (χ3n) is 4.68. The highest BCUT2D eigenvalue weighted by molar-refractivity contribution is 7.20. The summed E-state index contributed by atoms with van der Waals surface area (Å²) in [6.45, 7) is 4.44. The van der Waals surface area contributed by atoms with Crippen LogP contribution >= 0.6 is 11.3 Å². The number of ether oxygens (including phenoxy) is 1. The van der Waals surface area contributed by atoms with Crippen LogP contribution in [-0.2, 0) is 6.54 Å². The first-order valence-electron chi connectivity index (χ1n) is 9.03. The molecule has 0 radical (unpaired) electrons. The fourth-order valence-electron chi connectivity index (χ4n) is 3.13. The molecule has 0 unspecified atom stereocenters. The highest BCUT2D eigenvalue weighted by Gasteiger charge is 2.17. The number of aromatic nitrogens is 2. The zero-order valence-corrected chi connectivity index (χ0v) is 16.8. The van der Waals surface area contributed by atoms with E-state index in [9.17, 15) is 4.79 Å². The monoisotopic (exact) mass is 391 g/mol. The highest BCUT2D eigenvalue weighted by atomic mass is 32.1. The van der Waals surface area contributed by atoms with Crippen molar-refractivity contribution in [2.45, 2.75) is 20.4 Å². The lowest BCUT2D eigenvalue weighted by atomic mass is 10.2. The number of methoxy groups -OCH3 is 1. The van der Waals surface area contributed by atoms with Gasteiger partial charge in [0, 0.05) is 17.5 Å². The molecular formula is C22H21N3O2S. The molecule has 1 N–H and O–H groups in total. The molecule has 2 aromatic carbocycles. The molecule has 28 heavy (non-hydrogen) atoms. The summed E-state index contributed by atoms with van der Waals surface area (Å²) in [5.41, 5.74) is 4.05. The largest absolute Gasteiger partial charge is 0.496 e.